The number of aromatic nitrogens is 2. The molecular formula is C21H20BrN3O3. The van der Waals surface area contributed by atoms with Crippen LogP contribution >= 0.6 is 15.9 Å². The summed E-state index contributed by atoms with van der Waals surface area (Å²) in [7, 11) is 1.63. The molecule has 3 aromatic rings. The van der Waals surface area contributed by atoms with E-state index in [9.17, 15) is 4.79 Å². The van der Waals surface area contributed by atoms with E-state index in [0.717, 1.165) is 34.2 Å². The van der Waals surface area contributed by atoms with Crippen LogP contribution in [0.1, 0.15) is 24.3 Å². The fraction of sp³-hybridized carbons (Fsp3) is 0.286. The summed E-state index contributed by atoms with van der Waals surface area (Å²) in [5.41, 5.74) is 1.79. The molecule has 1 saturated carbocycles. The molecule has 4 rings (SSSR count). The van der Waals surface area contributed by atoms with Crippen molar-refractivity contribution in [3.05, 3.63) is 64.5 Å². The SMILES string of the molecule is COc1ccc(CC(=O)N(Cc2nnc(-c3ccccc3Br)o2)C2CC2)cc1. The monoisotopic (exact) mass is 441 g/mol. The first-order valence-corrected chi connectivity index (χ1v) is 9.93. The molecule has 6 nitrogen and oxygen atoms in total. The number of benzene rings is 2. The number of nitrogens with zero attached hydrogens (tertiary/aromatic N) is 3. The van der Waals surface area contributed by atoms with Crippen LogP contribution in [-0.4, -0.2) is 34.2 Å². The number of carbonyl (C=O) groups excluding carboxylic acids is 1. The summed E-state index contributed by atoms with van der Waals surface area (Å²) in [4.78, 5) is 14.7. The Balaban J connectivity index is 1.47. The molecule has 1 fully saturated rings. The fourth-order valence-corrected chi connectivity index (χ4v) is 3.49. The van der Waals surface area contributed by atoms with Gasteiger partial charge in [-0.15, -0.1) is 10.2 Å². The average molecular weight is 442 g/mol. The van der Waals surface area contributed by atoms with Crippen molar-refractivity contribution in [2.45, 2.75) is 31.8 Å². The van der Waals surface area contributed by atoms with Crippen LogP contribution in [-0.2, 0) is 17.8 Å². The van der Waals surface area contributed by atoms with Crippen molar-refractivity contribution >= 4 is 21.8 Å². The minimum atomic E-state index is 0.0632. The lowest BCUT2D eigenvalue weighted by Gasteiger charge is -2.20. The Hall–Kier alpha value is -2.67. The van der Waals surface area contributed by atoms with Crippen molar-refractivity contribution in [1.29, 1.82) is 0 Å². The van der Waals surface area contributed by atoms with E-state index in [1.807, 2.05) is 53.4 Å². The summed E-state index contributed by atoms with van der Waals surface area (Å²) >= 11 is 3.50. The van der Waals surface area contributed by atoms with E-state index < -0.39 is 0 Å². The van der Waals surface area contributed by atoms with Crippen LogP contribution in [0.5, 0.6) is 5.75 Å². The molecule has 28 heavy (non-hydrogen) atoms. The molecule has 1 aliphatic carbocycles. The molecule has 1 amide bonds. The van der Waals surface area contributed by atoms with Gasteiger partial charge in [0.2, 0.25) is 17.7 Å². The Morgan fingerprint density at radius 2 is 1.93 bits per heavy atom. The van der Waals surface area contributed by atoms with E-state index in [1.54, 1.807) is 7.11 Å². The van der Waals surface area contributed by atoms with Crippen molar-refractivity contribution in [3.63, 3.8) is 0 Å². The van der Waals surface area contributed by atoms with Gasteiger partial charge in [-0.2, -0.15) is 0 Å². The van der Waals surface area contributed by atoms with Crippen LogP contribution in [0.2, 0.25) is 0 Å². The maximum Gasteiger partial charge on any atom is 0.248 e. The van der Waals surface area contributed by atoms with Gasteiger partial charge in [-0.25, -0.2) is 0 Å². The zero-order valence-corrected chi connectivity index (χ0v) is 17.1. The maximum absolute atomic E-state index is 12.9. The van der Waals surface area contributed by atoms with Gasteiger partial charge in [0, 0.05) is 10.5 Å². The molecule has 0 unspecified atom stereocenters. The third-order valence-corrected chi connectivity index (χ3v) is 5.39. The van der Waals surface area contributed by atoms with Crippen LogP contribution in [0.3, 0.4) is 0 Å². The third-order valence-electron chi connectivity index (χ3n) is 4.70. The van der Waals surface area contributed by atoms with E-state index in [-0.39, 0.29) is 11.9 Å². The second-order valence-electron chi connectivity index (χ2n) is 6.76. The number of amides is 1. The van der Waals surface area contributed by atoms with Gasteiger partial charge in [-0.1, -0.05) is 24.3 Å². The summed E-state index contributed by atoms with van der Waals surface area (Å²) in [6.07, 6.45) is 2.37. The van der Waals surface area contributed by atoms with E-state index in [0.29, 0.717) is 24.7 Å². The summed E-state index contributed by atoms with van der Waals surface area (Å²) in [6.45, 7) is 0.330. The Bertz CT molecular complexity index is 967. The molecule has 2 aromatic carbocycles. The molecule has 0 radical (unpaired) electrons. The number of ether oxygens (including phenoxy) is 1. The lowest BCUT2D eigenvalue weighted by molar-refractivity contribution is -0.132. The molecule has 7 heteroatoms. The Morgan fingerprint density at radius 3 is 2.61 bits per heavy atom. The zero-order chi connectivity index (χ0) is 19.5. The van der Waals surface area contributed by atoms with Crippen LogP contribution in [0.4, 0.5) is 0 Å². The van der Waals surface area contributed by atoms with E-state index in [2.05, 4.69) is 26.1 Å². The van der Waals surface area contributed by atoms with Crippen molar-refractivity contribution < 1.29 is 13.9 Å². The van der Waals surface area contributed by atoms with Gasteiger partial charge in [0.25, 0.3) is 0 Å². The molecule has 144 valence electrons. The van der Waals surface area contributed by atoms with Crippen LogP contribution in [0, 0.1) is 0 Å². The van der Waals surface area contributed by atoms with Crippen molar-refractivity contribution in [2.75, 3.05) is 7.11 Å². The van der Waals surface area contributed by atoms with E-state index in [4.69, 9.17) is 9.15 Å². The average Bonchev–Trinajstić information content (AvgIpc) is 3.45. The van der Waals surface area contributed by atoms with Crippen LogP contribution < -0.4 is 4.74 Å². The first-order chi connectivity index (χ1) is 13.6. The molecule has 1 aliphatic rings. The smallest absolute Gasteiger partial charge is 0.248 e. The largest absolute Gasteiger partial charge is 0.497 e. The van der Waals surface area contributed by atoms with Gasteiger partial charge >= 0.3 is 0 Å². The highest BCUT2D eigenvalue weighted by atomic mass is 79.9. The molecule has 0 saturated heterocycles. The van der Waals surface area contributed by atoms with Crippen LogP contribution in [0.25, 0.3) is 11.5 Å². The molecule has 0 spiro atoms. The number of hydrogen-bond donors (Lipinski definition) is 0. The van der Waals surface area contributed by atoms with Crippen LogP contribution in [0.15, 0.2) is 57.4 Å². The lowest BCUT2D eigenvalue weighted by atomic mass is 10.1. The van der Waals surface area contributed by atoms with Crippen molar-refractivity contribution in [3.8, 4) is 17.2 Å². The van der Waals surface area contributed by atoms with Crippen molar-refractivity contribution in [2.24, 2.45) is 0 Å². The first kappa shape index (κ1) is 18.7. The molecule has 0 atom stereocenters. The Morgan fingerprint density at radius 1 is 1.18 bits per heavy atom. The molecular weight excluding hydrogens is 422 g/mol. The Labute approximate surface area is 171 Å². The highest BCUT2D eigenvalue weighted by molar-refractivity contribution is 9.10. The van der Waals surface area contributed by atoms with Gasteiger partial charge in [-0.05, 0) is 58.6 Å². The maximum atomic E-state index is 12.9. The predicted molar refractivity (Wildman–Crippen MR) is 108 cm³/mol. The van der Waals surface area contributed by atoms with E-state index in [1.165, 1.54) is 0 Å². The lowest BCUT2D eigenvalue weighted by Crippen LogP contribution is -2.33. The second kappa shape index (κ2) is 8.14. The van der Waals surface area contributed by atoms with Gasteiger partial charge in [0.05, 0.1) is 25.6 Å². The normalized spacial score (nSPS) is 13.4. The summed E-state index contributed by atoms with van der Waals surface area (Å²) in [5, 5.41) is 8.29. The molecule has 0 aliphatic heterocycles. The molecule has 0 bridgehead atoms. The summed E-state index contributed by atoms with van der Waals surface area (Å²) in [6, 6.07) is 15.5. The first-order valence-electron chi connectivity index (χ1n) is 9.13. The highest BCUT2D eigenvalue weighted by Gasteiger charge is 2.33. The quantitative estimate of drug-likeness (QED) is 0.548. The van der Waals surface area contributed by atoms with Crippen molar-refractivity contribution in [1.82, 2.24) is 15.1 Å². The van der Waals surface area contributed by atoms with Gasteiger partial charge in [0.1, 0.15) is 5.75 Å². The minimum absolute atomic E-state index is 0.0632. The Kier molecular flexibility index (Phi) is 5.43. The number of hydrogen-bond acceptors (Lipinski definition) is 5. The number of methoxy groups -OCH3 is 1. The fourth-order valence-electron chi connectivity index (χ4n) is 3.03. The topological polar surface area (TPSA) is 68.5 Å². The second-order valence-corrected chi connectivity index (χ2v) is 7.61. The zero-order valence-electron chi connectivity index (χ0n) is 15.5. The van der Waals surface area contributed by atoms with E-state index >= 15 is 0 Å². The summed E-state index contributed by atoms with van der Waals surface area (Å²) in [5.74, 6) is 1.73. The minimum Gasteiger partial charge on any atom is -0.497 e. The number of rotatable bonds is 7. The predicted octanol–water partition coefficient (Wildman–Crippen LogP) is 4.24. The number of carbonyl (C=O) groups is 1. The molecule has 0 N–H and O–H groups in total. The molecule has 1 heterocycles. The van der Waals surface area contributed by atoms with Gasteiger partial charge < -0.3 is 14.1 Å². The van der Waals surface area contributed by atoms with Gasteiger partial charge in [0.15, 0.2) is 0 Å². The summed E-state index contributed by atoms with van der Waals surface area (Å²) < 4.78 is 11.9. The number of halogens is 1. The standard InChI is InChI=1S/C21H20BrN3O3/c1-27-16-10-6-14(7-11-16)12-20(26)25(15-8-9-15)13-19-23-24-21(28-19)17-4-2-3-5-18(17)22/h2-7,10-11,15H,8-9,12-13H2,1H3. The third kappa shape index (κ3) is 4.25. The highest BCUT2D eigenvalue weighted by Crippen LogP contribution is 2.31. The molecule has 1 aromatic heterocycles. The van der Waals surface area contributed by atoms with Gasteiger partial charge in [-0.3, -0.25) is 4.79 Å².